The lowest BCUT2D eigenvalue weighted by Gasteiger charge is -2.06. The van der Waals surface area contributed by atoms with Crippen LogP contribution in [-0.4, -0.2) is 14.5 Å². The van der Waals surface area contributed by atoms with Gasteiger partial charge in [-0.15, -0.1) is 0 Å². The molecule has 2 heterocycles. The number of nitrogens with zero attached hydrogens (tertiary/aromatic N) is 4. The summed E-state index contributed by atoms with van der Waals surface area (Å²) in [7, 11) is 0. The molecule has 4 nitrogen and oxygen atoms in total. The van der Waals surface area contributed by atoms with Crippen LogP contribution in [0.4, 0.5) is 0 Å². The van der Waals surface area contributed by atoms with E-state index in [1.807, 2.05) is 6.07 Å². The van der Waals surface area contributed by atoms with Gasteiger partial charge < -0.3 is 4.57 Å². The molecule has 0 aromatic carbocycles. The summed E-state index contributed by atoms with van der Waals surface area (Å²) in [4.78, 5) is 9.00. The van der Waals surface area contributed by atoms with E-state index in [4.69, 9.17) is 16.9 Å². The number of hydrogen-bond acceptors (Lipinski definition) is 3. The monoisotopic (exact) mass is 276 g/mol. The molecule has 0 saturated carbocycles. The van der Waals surface area contributed by atoms with Gasteiger partial charge in [-0.2, -0.15) is 5.26 Å². The Balaban J connectivity index is 2.34. The fraction of sp³-hybridized carbons (Fsp3) is 0.500. The van der Waals surface area contributed by atoms with Crippen molar-refractivity contribution in [1.82, 2.24) is 14.5 Å². The quantitative estimate of drug-likeness (QED) is 0.756. The second-order valence-electron chi connectivity index (χ2n) is 4.54. The van der Waals surface area contributed by atoms with Crippen LogP contribution < -0.4 is 0 Å². The topological polar surface area (TPSA) is 54.5 Å². The number of unbranched alkanes of at least 4 members (excludes halogenated alkanes) is 2. The maximum absolute atomic E-state index is 8.65. The number of pyridine rings is 1. The Kier molecular flexibility index (Phi) is 4.75. The van der Waals surface area contributed by atoms with Gasteiger partial charge in [0.15, 0.2) is 5.65 Å². The van der Waals surface area contributed by atoms with E-state index in [1.54, 1.807) is 6.20 Å². The second-order valence-corrected chi connectivity index (χ2v) is 4.98. The van der Waals surface area contributed by atoms with Gasteiger partial charge in [-0.05, 0) is 18.9 Å². The highest BCUT2D eigenvalue weighted by atomic mass is 35.5. The van der Waals surface area contributed by atoms with Crippen LogP contribution in [0.5, 0.6) is 0 Å². The zero-order valence-electron chi connectivity index (χ0n) is 11.1. The molecule has 5 heteroatoms. The van der Waals surface area contributed by atoms with Gasteiger partial charge in [-0.1, -0.05) is 24.9 Å². The highest BCUT2D eigenvalue weighted by molar-refractivity contribution is 6.31. The number of imidazole rings is 1. The first kappa shape index (κ1) is 13.8. The van der Waals surface area contributed by atoms with E-state index >= 15 is 0 Å². The highest BCUT2D eigenvalue weighted by Gasteiger charge is 2.11. The van der Waals surface area contributed by atoms with Crippen molar-refractivity contribution in [2.75, 3.05) is 0 Å². The van der Waals surface area contributed by atoms with E-state index in [-0.39, 0.29) is 0 Å². The molecular weight excluding hydrogens is 260 g/mol. The first-order valence-corrected chi connectivity index (χ1v) is 7.01. The summed E-state index contributed by atoms with van der Waals surface area (Å²) in [6.45, 7) is 2.95. The molecular formula is C14H17ClN4. The molecule has 2 aromatic rings. The number of nitriles is 1. The predicted molar refractivity (Wildman–Crippen MR) is 76.0 cm³/mol. The lowest BCUT2D eigenvalue weighted by molar-refractivity contribution is 0.614. The van der Waals surface area contributed by atoms with E-state index < -0.39 is 0 Å². The van der Waals surface area contributed by atoms with Crippen molar-refractivity contribution in [3.05, 3.63) is 23.1 Å². The van der Waals surface area contributed by atoms with Crippen LogP contribution in [0.15, 0.2) is 12.3 Å². The normalized spacial score (nSPS) is 10.8. The molecule has 0 radical (unpaired) electrons. The van der Waals surface area contributed by atoms with Crippen molar-refractivity contribution in [3.63, 3.8) is 0 Å². The van der Waals surface area contributed by atoms with Gasteiger partial charge in [0.25, 0.3) is 0 Å². The molecule has 0 aliphatic carbocycles. The first-order valence-electron chi connectivity index (χ1n) is 6.64. The van der Waals surface area contributed by atoms with Gasteiger partial charge in [-0.3, -0.25) is 0 Å². The minimum absolute atomic E-state index is 0.556. The van der Waals surface area contributed by atoms with Crippen LogP contribution in [0.3, 0.4) is 0 Å². The fourth-order valence-electron chi connectivity index (χ4n) is 2.11. The molecule has 0 fully saturated rings. The third kappa shape index (κ3) is 3.24. The predicted octanol–water partition coefficient (Wildman–Crippen LogP) is 3.73. The van der Waals surface area contributed by atoms with Gasteiger partial charge in [-0.25, -0.2) is 9.97 Å². The Morgan fingerprint density at radius 3 is 3.00 bits per heavy atom. The van der Waals surface area contributed by atoms with E-state index in [0.717, 1.165) is 49.2 Å². The molecule has 0 atom stereocenters. The van der Waals surface area contributed by atoms with Gasteiger partial charge in [0, 0.05) is 25.6 Å². The lowest BCUT2D eigenvalue weighted by atomic mass is 10.2. The van der Waals surface area contributed by atoms with Crippen LogP contribution in [0, 0.1) is 11.3 Å². The molecule has 0 aliphatic rings. The summed E-state index contributed by atoms with van der Waals surface area (Å²) in [6, 6.07) is 4.02. The maximum atomic E-state index is 8.65. The molecule has 19 heavy (non-hydrogen) atoms. The van der Waals surface area contributed by atoms with Crippen molar-refractivity contribution in [1.29, 1.82) is 5.26 Å². The molecule has 0 aliphatic heterocycles. The molecule has 0 N–H and O–H groups in total. The minimum atomic E-state index is 0.556. The Bertz CT molecular complexity index is 597. The van der Waals surface area contributed by atoms with Crippen LogP contribution in [0.25, 0.3) is 11.2 Å². The van der Waals surface area contributed by atoms with Crippen molar-refractivity contribution in [3.8, 4) is 6.07 Å². The summed E-state index contributed by atoms with van der Waals surface area (Å²) in [5.74, 6) is 1.05. The summed E-state index contributed by atoms with van der Waals surface area (Å²) >= 11 is 5.96. The molecule has 0 saturated heterocycles. The Morgan fingerprint density at radius 2 is 2.26 bits per heavy atom. The Morgan fingerprint density at radius 1 is 1.42 bits per heavy atom. The molecule has 2 aromatic heterocycles. The largest absolute Gasteiger partial charge is 0.313 e. The molecule has 100 valence electrons. The molecule has 0 spiro atoms. The van der Waals surface area contributed by atoms with E-state index in [1.165, 1.54) is 0 Å². The standard InChI is InChI=1S/C14H17ClN4/c1-2-3-6-13-18-12-9-11(15)10-17-14(12)19(13)8-5-4-7-16/h9-10H,2-6,8H2,1H3. The van der Waals surface area contributed by atoms with Gasteiger partial charge in [0.2, 0.25) is 0 Å². The summed E-state index contributed by atoms with van der Waals surface area (Å²) in [5, 5.41) is 9.25. The zero-order chi connectivity index (χ0) is 13.7. The van der Waals surface area contributed by atoms with Crippen molar-refractivity contribution in [2.45, 2.75) is 45.6 Å². The number of fused-ring (bicyclic) bond motifs is 1. The summed E-state index contributed by atoms with van der Waals surface area (Å²) < 4.78 is 2.12. The average molecular weight is 277 g/mol. The second kappa shape index (κ2) is 6.53. The van der Waals surface area contributed by atoms with Crippen molar-refractivity contribution in [2.24, 2.45) is 0 Å². The molecule has 0 amide bonds. The number of rotatable bonds is 6. The van der Waals surface area contributed by atoms with E-state index in [0.29, 0.717) is 11.4 Å². The van der Waals surface area contributed by atoms with Crippen LogP contribution in [0.1, 0.15) is 38.4 Å². The molecule has 2 rings (SSSR count). The van der Waals surface area contributed by atoms with Crippen LogP contribution >= 0.6 is 11.6 Å². The average Bonchev–Trinajstić information content (AvgIpc) is 2.74. The molecule has 0 bridgehead atoms. The van der Waals surface area contributed by atoms with Crippen molar-refractivity contribution < 1.29 is 0 Å². The highest BCUT2D eigenvalue weighted by Crippen LogP contribution is 2.19. The summed E-state index contributed by atoms with van der Waals surface area (Å²) in [5.41, 5.74) is 1.71. The van der Waals surface area contributed by atoms with Gasteiger partial charge >= 0.3 is 0 Å². The minimum Gasteiger partial charge on any atom is -0.313 e. The maximum Gasteiger partial charge on any atom is 0.160 e. The number of hydrogen-bond donors (Lipinski definition) is 0. The van der Waals surface area contributed by atoms with Crippen LogP contribution in [0.2, 0.25) is 5.02 Å². The summed E-state index contributed by atoms with van der Waals surface area (Å²) in [6.07, 6.45) is 6.21. The third-order valence-electron chi connectivity index (χ3n) is 3.05. The van der Waals surface area contributed by atoms with Gasteiger partial charge in [0.1, 0.15) is 11.3 Å². The Hall–Kier alpha value is -1.60. The number of halogens is 1. The van der Waals surface area contributed by atoms with E-state index in [2.05, 4.69) is 27.5 Å². The zero-order valence-corrected chi connectivity index (χ0v) is 11.8. The van der Waals surface area contributed by atoms with Crippen LogP contribution in [-0.2, 0) is 13.0 Å². The lowest BCUT2D eigenvalue weighted by Crippen LogP contribution is -2.05. The van der Waals surface area contributed by atoms with Gasteiger partial charge in [0.05, 0.1) is 11.1 Å². The van der Waals surface area contributed by atoms with E-state index in [9.17, 15) is 0 Å². The Labute approximate surface area is 118 Å². The molecule has 0 unspecified atom stereocenters. The third-order valence-corrected chi connectivity index (χ3v) is 3.26. The number of aromatic nitrogens is 3. The first-order chi connectivity index (χ1) is 9.26. The fourth-order valence-corrected chi connectivity index (χ4v) is 2.26. The van der Waals surface area contributed by atoms with Crippen molar-refractivity contribution >= 4 is 22.8 Å². The number of aryl methyl sites for hydroxylation is 2. The smallest absolute Gasteiger partial charge is 0.160 e. The SMILES string of the molecule is CCCCc1nc2cc(Cl)cnc2n1CCCC#N.